The molecule has 0 radical (unpaired) electrons. The molecule has 5 nitrogen and oxygen atoms in total. The van der Waals surface area contributed by atoms with E-state index in [-0.39, 0.29) is 0 Å². The predicted molar refractivity (Wildman–Crippen MR) is 72.1 cm³/mol. The minimum atomic E-state index is 0.760. The molecule has 1 N–H and O–H groups in total. The zero-order chi connectivity index (χ0) is 13.1. The minimum Gasteiger partial charge on any atom is -0.493 e. The second-order valence-corrected chi connectivity index (χ2v) is 4.79. The molecule has 5 heteroatoms. The topological polar surface area (TPSA) is 52.0 Å². The first-order valence-electron chi connectivity index (χ1n) is 6.63. The van der Waals surface area contributed by atoms with Gasteiger partial charge in [0.1, 0.15) is 5.75 Å². The number of hydrogen-bond acceptors (Lipinski definition) is 4. The van der Waals surface area contributed by atoms with Crippen LogP contribution in [0.25, 0.3) is 0 Å². The number of hydrogen-bond donors (Lipinski definition) is 1. The quantitative estimate of drug-likeness (QED) is 0.875. The number of rotatable bonds is 5. The summed E-state index contributed by atoms with van der Waals surface area (Å²) >= 11 is 0. The normalized spacial score (nSPS) is 13.3. The summed E-state index contributed by atoms with van der Waals surface area (Å²) in [6.07, 6.45) is 3.99. The molecule has 2 heterocycles. The summed E-state index contributed by atoms with van der Waals surface area (Å²) in [5, 5.41) is 11.3. The van der Waals surface area contributed by atoms with Crippen molar-refractivity contribution in [3.05, 3.63) is 41.2 Å². The molecule has 1 aromatic heterocycles. The third kappa shape index (κ3) is 2.76. The Hall–Kier alpha value is -1.88. The van der Waals surface area contributed by atoms with Crippen LogP contribution in [-0.2, 0) is 25.9 Å². The number of fused-ring (bicyclic) bond motifs is 1. The first kappa shape index (κ1) is 12.2. The van der Waals surface area contributed by atoms with Crippen LogP contribution in [-0.4, -0.2) is 28.6 Å². The summed E-state index contributed by atoms with van der Waals surface area (Å²) in [5.74, 6) is 1.04. The largest absolute Gasteiger partial charge is 0.493 e. The molecule has 2 aromatic rings. The van der Waals surface area contributed by atoms with Gasteiger partial charge in [0, 0.05) is 25.7 Å². The Kier molecular flexibility index (Phi) is 3.46. The average molecular weight is 258 g/mol. The van der Waals surface area contributed by atoms with E-state index < -0.39 is 0 Å². The van der Waals surface area contributed by atoms with Gasteiger partial charge < -0.3 is 10.1 Å². The fourth-order valence-electron chi connectivity index (χ4n) is 2.35. The highest BCUT2D eigenvalue weighted by Gasteiger charge is 2.11. The third-order valence-corrected chi connectivity index (χ3v) is 3.33. The number of nitrogens with zero attached hydrogens (tertiary/aromatic N) is 3. The van der Waals surface area contributed by atoms with Crippen molar-refractivity contribution in [1.29, 1.82) is 0 Å². The Morgan fingerprint density at radius 2 is 2.37 bits per heavy atom. The standard InChI is InChI=1S/C14H18N4O/c1-15-9-13-10-18(17-16-13)6-4-11-2-3-14-12(8-11)5-7-19-14/h2-3,8,10,15H,4-7,9H2,1H3. The molecule has 0 aliphatic carbocycles. The van der Waals surface area contributed by atoms with E-state index in [9.17, 15) is 0 Å². The number of benzene rings is 1. The Balaban J connectivity index is 1.62. The molecule has 1 aliphatic heterocycles. The van der Waals surface area contributed by atoms with Crippen LogP contribution < -0.4 is 10.1 Å². The van der Waals surface area contributed by atoms with Gasteiger partial charge in [-0.1, -0.05) is 17.3 Å². The maximum Gasteiger partial charge on any atom is 0.122 e. The fraction of sp³-hybridized carbons (Fsp3) is 0.429. The van der Waals surface area contributed by atoms with Gasteiger partial charge in [0.25, 0.3) is 0 Å². The van der Waals surface area contributed by atoms with Crippen molar-refractivity contribution in [1.82, 2.24) is 20.3 Å². The zero-order valence-electron chi connectivity index (χ0n) is 11.1. The van der Waals surface area contributed by atoms with Crippen LogP contribution in [0.4, 0.5) is 0 Å². The van der Waals surface area contributed by atoms with Crippen LogP contribution in [0.5, 0.6) is 5.75 Å². The average Bonchev–Trinajstić information content (AvgIpc) is 3.04. The number of nitrogens with one attached hydrogen (secondary N) is 1. The molecule has 1 aromatic carbocycles. The van der Waals surface area contributed by atoms with E-state index in [1.807, 2.05) is 17.9 Å². The molecule has 0 fully saturated rings. The molecule has 0 amide bonds. The van der Waals surface area contributed by atoms with Gasteiger partial charge in [-0.15, -0.1) is 5.10 Å². The van der Waals surface area contributed by atoms with Gasteiger partial charge in [0.2, 0.25) is 0 Å². The molecule has 19 heavy (non-hydrogen) atoms. The van der Waals surface area contributed by atoms with Crippen molar-refractivity contribution in [3.63, 3.8) is 0 Å². The van der Waals surface area contributed by atoms with Gasteiger partial charge in [-0.3, -0.25) is 4.68 Å². The Morgan fingerprint density at radius 1 is 1.42 bits per heavy atom. The van der Waals surface area contributed by atoms with E-state index in [4.69, 9.17) is 4.74 Å². The van der Waals surface area contributed by atoms with Crippen molar-refractivity contribution in [2.24, 2.45) is 0 Å². The van der Waals surface area contributed by atoms with E-state index in [0.29, 0.717) is 0 Å². The highest BCUT2D eigenvalue weighted by atomic mass is 16.5. The van der Waals surface area contributed by atoms with Gasteiger partial charge in [0.05, 0.1) is 12.3 Å². The lowest BCUT2D eigenvalue weighted by Crippen LogP contribution is -2.05. The lowest BCUT2D eigenvalue weighted by molar-refractivity contribution is 0.357. The number of aryl methyl sites for hydroxylation is 2. The van der Waals surface area contributed by atoms with Crippen molar-refractivity contribution >= 4 is 0 Å². The molecule has 100 valence electrons. The van der Waals surface area contributed by atoms with Crippen molar-refractivity contribution in [2.45, 2.75) is 25.9 Å². The van der Waals surface area contributed by atoms with Gasteiger partial charge in [-0.25, -0.2) is 0 Å². The van der Waals surface area contributed by atoms with Crippen LogP contribution in [0.15, 0.2) is 24.4 Å². The minimum absolute atomic E-state index is 0.760. The molecule has 1 aliphatic rings. The first-order chi connectivity index (χ1) is 9.35. The second-order valence-electron chi connectivity index (χ2n) is 4.79. The molecular formula is C14H18N4O. The van der Waals surface area contributed by atoms with Gasteiger partial charge in [0.15, 0.2) is 0 Å². The second kappa shape index (κ2) is 5.40. The van der Waals surface area contributed by atoms with E-state index in [2.05, 4.69) is 33.8 Å². The molecule has 0 saturated heterocycles. The van der Waals surface area contributed by atoms with E-state index in [0.717, 1.165) is 44.0 Å². The molecule has 0 bridgehead atoms. The van der Waals surface area contributed by atoms with Gasteiger partial charge >= 0.3 is 0 Å². The number of ether oxygens (including phenoxy) is 1. The van der Waals surface area contributed by atoms with Crippen LogP contribution in [0.3, 0.4) is 0 Å². The highest BCUT2D eigenvalue weighted by Crippen LogP contribution is 2.26. The maximum absolute atomic E-state index is 5.51. The highest BCUT2D eigenvalue weighted by molar-refractivity contribution is 5.39. The molecule has 0 spiro atoms. The summed E-state index contributed by atoms with van der Waals surface area (Å²) in [6, 6.07) is 6.45. The maximum atomic E-state index is 5.51. The van der Waals surface area contributed by atoms with E-state index in [1.165, 1.54) is 11.1 Å². The monoisotopic (exact) mass is 258 g/mol. The van der Waals surface area contributed by atoms with Crippen LogP contribution in [0, 0.1) is 0 Å². The summed E-state index contributed by atoms with van der Waals surface area (Å²) < 4.78 is 7.41. The fourth-order valence-corrected chi connectivity index (χ4v) is 2.35. The smallest absolute Gasteiger partial charge is 0.122 e. The Labute approximate surface area is 112 Å². The van der Waals surface area contributed by atoms with Gasteiger partial charge in [-0.2, -0.15) is 0 Å². The van der Waals surface area contributed by atoms with Crippen LogP contribution in [0.2, 0.25) is 0 Å². The van der Waals surface area contributed by atoms with Crippen molar-refractivity contribution in [3.8, 4) is 5.75 Å². The summed E-state index contributed by atoms with van der Waals surface area (Å²) in [5.41, 5.74) is 3.63. The SMILES string of the molecule is CNCc1cn(CCc2ccc3c(c2)CCO3)nn1. The van der Waals surface area contributed by atoms with E-state index in [1.54, 1.807) is 0 Å². The molecule has 0 saturated carbocycles. The Bertz CT molecular complexity index is 564. The summed E-state index contributed by atoms with van der Waals surface area (Å²) in [7, 11) is 1.91. The van der Waals surface area contributed by atoms with E-state index >= 15 is 0 Å². The number of aromatic nitrogens is 3. The zero-order valence-corrected chi connectivity index (χ0v) is 11.1. The van der Waals surface area contributed by atoms with Crippen LogP contribution >= 0.6 is 0 Å². The summed E-state index contributed by atoms with van der Waals surface area (Å²) in [4.78, 5) is 0. The third-order valence-electron chi connectivity index (χ3n) is 3.33. The molecule has 0 unspecified atom stereocenters. The first-order valence-corrected chi connectivity index (χ1v) is 6.63. The summed E-state index contributed by atoms with van der Waals surface area (Å²) in [6.45, 7) is 2.43. The molecular weight excluding hydrogens is 240 g/mol. The lowest BCUT2D eigenvalue weighted by atomic mass is 10.1. The van der Waals surface area contributed by atoms with Crippen molar-refractivity contribution in [2.75, 3.05) is 13.7 Å². The molecule has 0 atom stereocenters. The van der Waals surface area contributed by atoms with Crippen molar-refractivity contribution < 1.29 is 4.74 Å². The van der Waals surface area contributed by atoms with Gasteiger partial charge in [-0.05, 0) is 30.7 Å². The predicted octanol–water partition coefficient (Wildman–Crippen LogP) is 1.18. The lowest BCUT2D eigenvalue weighted by Gasteiger charge is -2.04. The Morgan fingerprint density at radius 3 is 3.26 bits per heavy atom. The van der Waals surface area contributed by atoms with Crippen LogP contribution in [0.1, 0.15) is 16.8 Å². The molecule has 3 rings (SSSR count).